The maximum absolute atomic E-state index is 11.3. The van der Waals surface area contributed by atoms with E-state index in [1.807, 2.05) is 0 Å². The molecule has 1 aliphatic heterocycles. The van der Waals surface area contributed by atoms with E-state index in [1.165, 1.54) is 0 Å². The molecule has 21 heavy (non-hydrogen) atoms. The molecule has 0 aromatic heterocycles. The summed E-state index contributed by atoms with van der Waals surface area (Å²) in [6.45, 7) is 16.0. The van der Waals surface area contributed by atoms with Gasteiger partial charge in [-0.2, -0.15) is 0 Å². The summed E-state index contributed by atoms with van der Waals surface area (Å²) in [4.78, 5) is 2.21. The first kappa shape index (κ1) is 19.1. The van der Waals surface area contributed by atoms with Crippen molar-refractivity contribution in [1.29, 1.82) is 0 Å². The molecule has 0 unspecified atom stereocenters. The van der Waals surface area contributed by atoms with Gasteiger partial charge in [0.2, 0.25) is 0 Å². The lowest BCUT2D eigenvalue weighted by atomic mass is 10.2. The zero-order chi connectivity index (χ0) is 16.1. The maximum atomic E-state index is 11.3. The van der Waals surface area contributed by atoms with Crippen molar-refractivity contribution >= 4 is 18.2 Å². The van der Waals surface area contributed by atoms with Crippen molar-refractivity contribution in [1.82, 2.24) is 10.2 Å². The topological polar surface area (TPSA) is 58.6 Å². The van der Waals surface area contributed by atoms with Crippen LogP contribution in [0.1, 0.15) is 20.8 Å². The fourth-order valence-corrected chi connectivity index (χ4v) is 4.25. The molecule has 1 fully saturated rings. The molecule has 7 heteroatoms. The van der Waals surface area contributed by atoms with Crippen LogP contribution in [0.15, 0.2) is 0 Å². The molecule has 0 amide bonds. The number of rotatable bonds is 7. The quantitative estimate of drug-likeness (QED) is 0.561. The smallest absolute Gasteiger partial charge is 0.192 e. The predicted octanol–water partition coefficient (Wildman–Crippen LogP) is 1.33. The van der Waals surface area contributed by atoms with Crippen LogP contribution in [-0.4, -0.2) is 72.5 Å². The van der Waals surface area contributed by atoms with Crippen molar-refractivity contribution in [3.8, 4) is 0 Å². The summed E-state index contributed by atoms with van der Waals surface area (Å²) in [6, 6.07) is 0. The molecule has 0 aromatic rings. The number of hydrogen-bond acceptors (Lipinski definition) is 5. The molecule has 0 aliphatic carbocycles. The Kier molecular flexibility index (Phi) is 6.86. The van der Waals surface area contributed by atoms with Crippen molar-refractivity contribution in [2.24, 2.45) is 0 Å². The Morgan fingerprint density at radius 3 is 2.24 bits per heavy atom. The first-order chi connectivity index (χ1) is 9.54. The average molecular weight is 337 g/mol. The van der Waals surface area contributed by atoms with Gasteiger partial charge in [-0.25, -0.2) is 8.42 Å². The van der Waals surface area contributed by atoms with Gasteiger partial charge in [-0.05, 0) is 18.1 Å². The number of sulfone groups is 1. The van der Waals surface area contributed by atoms with E-state index in [4.69, 9.17) is 4.43 Å². The number of nitrogens with one attached hydrogen (secondary N) is 1. The van der Waals surface area contributed by atoms with E-state index in [-0.39, 0.29) is 5.04 Å². The second-order valence-electron chi connectivity index (χ2n) is 7.35. The lowest BCUT2D eigenvalue weighted by Gasteiger charge is -2.36. The van der Waals surface area contributed by atoms with E-state index in [2.05, 4.69) is 44.1 Å². The molecule has 1 saturated heterocycles. The van der Waals surface area contributed by atoms with E-state index in [9.17, 15) is 8.42 Å². The van der Waals surface area contributed by atoms with Crippen molar-refractivity contribution in [3.05, 3.63) is 0 Å². The Hall–Kier alpha value is 0.0469. The van der Waals surface area contributed by atoms with Crippen molar-refractivity contribution in [2.45, 2.75) is 38.9 Å². The van der Waals surface area contributed by atoms with Crippen LogP contribution >= 0.6 is 0 Å². The number of nitrogens with zero attached hydrogens (tertiary/aromatic N) is 1. The second-order valence-corrected chi connectivity index (χ2v) is 14.5. The Morgan fingerprint density at radius 2 is 1.71 bits per heavy atom. The normalized spacial score (nSPS) is 20.6. The van der Waals surface area contributed by atoms with Gasteiger partial charge in [0.05, 0.1) is 11.5 Å². The monoisotopic (exact) mass is 336 g/mol. The van der Waals surface area contributed by atoms with Gasteiger partial charge in [0.25, 0.3) is 0 Å². The van der Waals surface area contributed by atoms with Gasteiger partial charge in [-0.15, -0.1) is 0 Å². The van der Waals surface area contributed by atoms with E-state index >= 15 is 0 Å². The number of hydrogen-bond donors (Lipinski definition) is 1. The highest BCUT2D eigenvalue weighted by Crippen LogP contribution is 2.36. The molecule has 0 spiro atoms. The van der Waals surface area contributed by atoms with Crippen LogP contribution in [0.4, 0.5) is 0 Å². The van der Waals surface area contributed by atoms with Crippen LogP contribution in [0.25, 0.3) is 0 Å². The van der Waals surface area contributed by atoms with Crippen LogP contribution in [0, 0.1) is 0 Å². The maximum Gasteiger partial charge on any atom is 0.192 e. The molecular weight excluding hydrogens is 304 g/mol. The zero-order valence-corrected chi connectivity index (χ0v) is 16.1. The van der Waals surface area contributed by atoms with Gasteiger partial charge in [-0.1, -0.05) is 20.8 Å². The molecule has 0 aromatic carbocycles. The highest BCUT2D eigenvalue weighted by Gasteiger charge is 2.36. The third-order valence-corrected chi connectivity index (χ3v) is 10.7. The van der Waals surface area contributed by atoms with Gasteiger partial charge in [0, 0.05) is 39.3 Å². The van der Waals surface area contributed by atoms with Gasteiger partial charge in [0.1, 0.15) is 0 Å². The van der Waals surface area contributed by atoms with E-state index in [0.29, 0.717) is 24.6 Å². The third-order valence-electron chi connectivity index (χ3n) is 4.59. The first-order valence-corrected chi connectivity index (χ1v) is 12.5. The Labute approximate surface area is 131 Å². The summed E-state index contributed by atoms with van der Waals surface area (Å²) in [5.41, 5.74) is 0. The summed E-state index contributed by atoms with van der Waals surface area (Å²) in [5.74, 6) is 0.614. The van der Waals surface area contributed by atoms with Crippen molar-refractivity contribution in [2.75, 3.05) is 50.8 Å². The molecule has 1 N–H and O–H groups in total. The standard InChI is InChI=1S/C14H32N2O3SSi/c1-14(2,3)21(4,5)19-11-7-15-6-8-16-9-12-20(17,18)13-10-16/h15H,6-13H2,1-5H3. The lowest BCUT2D eigenvalue weighted by Crippen LogP contribution is -2.44. The first-order valence-electron chi connectivity index (χ1n) is 7.81. The van der Waals surface area contributed by atoms with Crippen molar-refractivity contribution in [3.63, 3.8) is 0 Å². The fourth-order valence-electron chi connectivity index (χ4n) is 1.93. The van der Waals surface area contributed by atoms with Gasteiger partial charge < -0.3 is 14.6 Å². The van der Waals surface area contributed by atoms with Gasteiger partial charge in [-0.3, -0.25) is 0 Å². The summed E-state index contributed by atoms with van der Waals surface area (Å²) in [7, 11) is -4.39. The lowest BCUT2D eigenvalue weighted by molar-refractivity contribution is 0.269. The van der Waals surface area contributed by atoms with E-state index in [0.717, 1.165) is 26.2 Å². The molecule has 1 aliphatic rings. The largest absolute Gasteiger partial charge is 0.416 e. The highest BCUT2D eigenvalue weighted by atomic mass is 32.2. The zero-order valence-electron chi connectivity index (χ0n) is 14.2. The Morgan fingerprint density at radius 1 is 1.14 bits per heavy atom. The Balaban J connectivity index is 2.08. The van der Waals surface area contributed by atoms with Crippen LogP contribution in [-0.2, 0) is 14.3 Å². The predicted molar refractivity (Wildman–Crippen MR) is 91.1 cm³/mol. The fraction of sp³-hybridized carbons (Fsp3) is 1.00. The average Bonchev–Trinajstić information content (AvgIpc) is 2.34. The third kappa shape index (κ3) is 6.77. The minimum Gasteiger partial charge on any atom is -0.416 e. The minimum absolute atomic E-state index is 0.256. The van der Waals surface area contributed by atoms with E-state index in [1.54, 1.807) is 0 Å². The van der Waals surface area contributed by atoms with Crippen LogP contribution < -0.4 is 5.32 Å². The molecule has 0 atom stereocenters. The minimum atomic E-state index is -2.76. The molecule has 126 valence electrons. The molecule has 0 radical (unpaired) electrons. The van der Waals surface area contributed by atoms with E-state index < -0.39 is 18.2 Å². The Bertz CT molecular complexity index is 404. The SMILES string of the molecule is CC(C)(C)[Si](C)(C)OCCNCCN1CCS(=O)(=O)CC1. The molecule has 1 rings (SSSR count). The molecule has 0 saturated carbocycles. The van der Waals surface area contributed by atoms with Crippen molar-refractivity contribution < 1.29 is 12.8 Å². The van der Waals surface area contributed by atoms with Crippen LogP contribution in [0.2, 0.25) is 18.1 Å². The van der Waals surface area contributed by atoms with Crippen LogP contribution in [0.5, 0.6) is 0 Å². The van der Waals surface area contributed by atoms with Gasteiger partial charge >= 0.3 is 0 Å². The van der Waals surface area contributed by atoms with Gasteiger partial charge in [0.15, 0.2) is 18.2 Å². The second kappa shape index (κ2) is 7.54. The molecule has 1 heterocycles. The summed E-state index contributed by atoms with van der Waals surface area (Å²) >= 11 is 0. The van der Waals surface area contributed by atoms with Crippen LogP contribution in [0.3, 0.4) is 0 Å². The molecule has 5 nitrogen and oxygen atoms in total. The highest BCUT2D eigenvalue weighted by molar-refractivity contribution is 7.91. The summed E-state index contributed by atoms with van der Waals surface area (Å²) in [6.07, 6.45) is 0. The summed E-state index contributed by atoms with van der Waals surface area (Å²) in [5, 5.41) is 3.64. The summed E-state index contributed by atoms with van der Waals surface area (Å²) < 4.78 is 28.8. The molecular formula is C14H32N2O3SSi. The molecule has 0 bridgehead atoms.